The van der Waals surface area contributed by atoms with Crippen molar-refractivity contribution in [3.8, 4) is 0 Å². The monoisotopic (exact) mass is 231 g/mol. The Balaban J connectivity index is 4.65. The molecule has 0 saturated carbocycles. The summed E-state index contributed by atoms with van der Waals surface area (Å²) in [6, 6.07) is 0. The zero-order chi connectivity index (χ0) is 12.1. The van der Waals surface area contributed by atoms with Crippen LogP contribution in [0, 0.1) is 0 Å². The standard InChI is InChI=1S/C12H29NOSi/c1-10(2)15(11(3)4,12(5)6)14-9-8-13-7/h10-13H,8-9H2,1-7H3. The van der Waals surface area contributed by atoms with E-state index >= 15 is 0 Å². The lowest BCUT2D eigenvalue weighted by Crippen LogP contribution is -2.48. The van der Waals surface area contributed by atoms with Gasteiger partial charge in [0, 0.05) is 13.2 Å². The number of rotatable bonds is 7. The normalized spacial score (nSPS) is 13.2. The number of hydrogen-bond donors (Lipinski definition) is 1. The molecule has 0 aliphatic heterocycles. The third-order valence-corrected chi connectivity index (χ3v) is 9.53. The first-order chi connectivity index (χ1) is 6.89. The molecule has 0 spiro atoms. The minimum absolute atomic E-state index is 0.689. The molecule has 0 aliphatic carbocycles. The molecule has 15 heavy (non-hydrogen) atoms. The van der Waals surface area contributed by atoms with E-state index in [1.165, 1.54) is 0 Å². The Morgan fingerprint density at radius 2 is 1.33 bits per heavy atom. The largest absolute Gasteiger partial charge is 0.415 e. The van der Waals surface area contributed by atoms with E-state index in [1.54, 1.807) is 0 Å². The third kappa shape index (κ3) is 3.57. The van der Waals surface area contributed by atoms with Crippen LogP contribution in [0.3, 0.4) is 0 Å². The van der Waals surface area contributed by atoms with Gasteiger partial charge in [0.1, 0.15) is 0 Å². The quantitative estimate of drug-likeness (QED) is 0.535. The Labute approximate surface area is 96.9 Å². The molecule has 0 heterocycles. The van der Waals surface area contributed by atoms with E-state index in [0.717, 1.165) is 13.2 Å². The molecule has 0 aromatic heterocycles. The van der Waals surface area contributed by atoms with Gasteiger partial charge in [-0.1, -0.05) is 41.5 Å². The van der Waals surface area contributed by atoms with Gasteiger partial charge in [0.15, 0.2) is 8.32 Å². The van der Waals surface area contributed by atoms with E-state index in [9.17, 15) is 0 Å². The molecule has 0 unspecified atom stereocenters. The summed E-state index contributed by atoms with van der Waals surface area (Å²) in [6.45, 7) is 15.8. The number of likely N-dealkylation sites (N-methyl/N-ethyl adjacent to an activating group) is 1. The lowest BCUT2D eigenvalue weighted by atomic mass is 10.5. The van der Waals surface area contributed by atoms with Gasteiger partial charge >= 0.3 is 0 Å². The van der Waals surface area contributed by atoms with Crippen LogP contribution < -0.4 is 5.32 Å². The summed E-state index contributed by atoms with van der Waals surface area (Å²) in [5, 5.41) is 3.15. The lowest BCUT2D eigenvalue weighted by molar-refractivity contribution is 0.279. The van der Waals surface area contributed by atoms with Gasteiger partial charge in [0.25, 0.3) is 0 Å². The van der Waals surface area contributed by atoms with Crippen LogP contribution in [0.15, 0.2) is 0 Å². The van der Waals surface area contributed by atoms with Crippen LogP contribution >= 0.6 is 0 Å². The minimum atomic E-state index is -1.60. The zero-order valence-electron chi connectivity index (χ0n) is 11.6. The highest BCUT2D eigenvalue weighted by Crippen LogP contribution is 2.41. The van der Waals surface area contributed by atoms with E-state index in [4.69, 9.17) is 4.43 Å². The van der Waals surface area contributed by atoms with Gasteiger partial charge in [-0.25, -0.2) is 0 Å². The summed E-state index contributed by atoms with van der Waals surface area (Å²) in [7, 11) is 0.374. The average Bonchev–Trinajstić information content (AvgIpc) is 2.10. The second-order valence-electron chi connectivity index (χ2n) is 5.27. The maximum atomic E-state index is 6.33. The number of hydrogen-bond acceptors (Lipinski definition) is 2. The second kappa shape index (κ2) is 6.66. The van der Waals surface area contributed by atoms with Crippen molar-refractivity contribution in [1.29, 1.82) is 0 Å². The van der Waals surface area contributed by atoms with Crippen molar-refractivity contribution in [2.45, 2.75) is 58.2 Å². The van der Waals surface area contributed by atoms with E-state index in [0.29, 0.717) is 16.6 Å². The molecule has 2 nitrogen and oxygen atoms in total. The van der Waals surface area contributed by atoms with Gasteiger partial charge in [-0.05, 0) is 23.7 Å². The van der Waals surface area contributed by atoms with Crippen LogP contribution in [0.4, 0.5) is 0 Å². The molecule has 0 bridgehead atoms. The van der Waals surface area contributed by atoms with Crippen LogP contribution in [0.1, 0.15) is 41.5 Å². The molecule has 3 heteroatoms. The van der Waals surface area contributed by atoms with Crippen LogP contribution in [0.2, 0.25) is 16.6 Å². The highest BCUT2D eigenvalue weighted by atomic mass is 28.4. The fourth-order valence-electron chi connectivity index (χ4n) is 2.83. The van der Waals surface area contributed by atoms with Crippen molar-refractivity contribution in [3.05, 3.63) is 0 Å². The molecule has 0 aromatic carbocycles. The fraction of sp³-hybridized carbons (Fsp3) is 1.00. The van der Waals surface area contributed by atoms with Gasteiger partial charge in [-0.3, -0.25) is 0 Å². The summed E-state index contributed by atoms with van der Waals surface area (Å²) in [5.41, 5.74) is 2.07. The van der Waals surface area contributed by atoms with Gasteiger partial charge in [-0.2, -0.15) is 0 Å². The Bertz CT molecular complexity index is 147. The molecule has 0 radical (unpaired) electrons. The summed E-state index contributed by atoms with van der Waals surface area (Å²) >= 11 is 0. The zero-order valence-corrected chi connectivity index (χ0v) is 12.6. The van der Waals surface area contributed by atoms with Crippen molar-refractivity contribution >= 4 is 8.32 Å². The van der Waals surface area contributed by atoms with Crippen molar-refractivity contribution in [2.75, 3.05) is 20.2 Å². The molecule has 0 fully saturated rings. The Kier molecular flexibility index (Phi) is 6.72. The second-order valence-corrected chi connectivity index (χ2v) is 10.7. The van der Waals surface area contributed by atoms with E-state index < -0.39 is 8.32 Å². The molecular weight excluding hydrogens is 202 g/mol. The topological polar surface area (TPSA) is 21.3 Å². The molecule has 0 amide bonds. The first kappa shape index (κ1) is 15.1. The Morgan fingerprint density at radius 1 is 0.933 bits per heavy atom. The fourth-order valence-corrected chi connectivity index (χ4v) is 8.29. The van der Waals surface area contributed by atoms with Gasteiger partial charge in [-0.15, -0.1) is 0 Å². The number of nitrogens with one attached hydrogen (secondary N) is 1. The summed E-state index contributed by atoms with van der Waals surface area (Å²) in [6.07, 6.45) is 0. The summed E-state index contributed by atoms with van der Waals surface area (Å²) in [4.78, 5) is 0. The SMILES string of the molecule is CNCCO[Si](C(C)C)(C(C)C)C(C)C. The van der Waals surface area contributed by atoms with Crippen LogP contribution in [0.25, 0.3) is 0 Å². The smallest absolute Gasteiger partial charge is 0.200 e. The van der Waals surface area contributed by atoms with Gasteiger partial charge in [0.2, 0.25) is 0 Å². The van der Waals surface area contributed by atoms with Crippen LogP contribution in [-0.4, -0.2) is 28.5 Å². The first-order valence-electron chi connectivity index (χ1n) is 6.18. The maximum absolute atomic E-state index is 6.33. The van der Waals surface area contributed by atoms with Crippen molar-refractivity contribution in [1.82, 2.24) is 5.32 Å². The Morgan fingerprint density at radius 3 is 1.60 bits per heavy atom. The summed E-state index contributed by atoms with van der Waals surface area (Å²) in [5.74, 6) is 0. The Hall–Kier alpha value is 0.137. The van der Waals surface area contributed by atoms with Gasteiger partial charge < -0.3 is 9.74 Å². The van der Waals surface area contributed by atoms with E-state index in [1.807, 2.05) is 7.05 Å². The average molecular weight is 231 g/mol. The van der Waals surface area contributed by atoms with E-state index in [2.05, 4.69) is 46.9 Å². The molecule has 0 saturated heterocycles. The molecule has 92 valence electrons. The molecule has 1 N–H and O–H groups in total. The minimum Gasteiger partial charge on any atom is -0.415 e. The molecule has 0 rings (SSSR count). The maximum Gasteiger partial charge on any atom is 0.200 e. The molecule has 0 aromatic rings. The highest BCUT2D eigenvalue weighted by Gasteiger charge is 2.44. The predicted octanol–water partition coefficient (Wildman–Crippen LogP) is 3.40. The summed E-state index contributed by atoms with van der Waals surface area (Å²) < 4.78 is 6.33. The first-order valence-corrected chi connectivity index (χ1v) is 8.32. The predicted molar refractivity (Wildman–Crippen MR) is 70.9 cm³/mol. The third-order valence-electron chi connectivity index (χ3n) is 3.41. The van der Waals surface area contributed by atoms with E-state index in [-0.39, 0.29) is 0 Å². The van der Waals surface area contributed by atoms with Crippen LogP contribution in [-0.2, 0) is 4.43 Å². The lowest BCUT2D eigenvalue weighted by Gasteiger charge is -2.42. The van der Waals surface area contributed by atoms with Crippen molar-refractivity contribution in [3.63, 3.8) is 0 Å². The highest BCUT2D eigenvalue weighted by molar-refractivity contribution is 6.77. The van der Waals surface area contributed by atoms with Crippen molar-refractivity contribution < 1.29 is 4.43 Å². The molecule has 0 aliphatic rings. The van der Waals surface area contributed by atoms with Gasteiger partial charge in [0.05, 0.1) is 0 Å². The van der Waals surface area contributed by atoms with Crippen LogP contribution in [0.5, 0.6) is 0 Å². The van der Waals surface area contributed by atoms with Crippen molar-refractivity contribution in [2.24, 2.45) is 0 Å². The molecule has 0 atom stereocenters. The molecular formula is C12H29NOSi.